The van der Waals surface area contributed by atoms with Crippen LogP contribution in [0.4, 0.5) is 11.4 Å². The van der Waals surface area contributed by atoms with Crippen LogP contribution in [0.2, 0.25) is 0 Å². The fraction of sp³-hybridized carbons (Fsp3) is 0.333. The number of carboxylic acid groups (broad SMARTS) is 2. The molecule has 8 bridgehead atoms. The molecular weight excluding hydrogens is 729 g/mol. The van der Waals surface area contributed by atoms with Crippen molar-refractivity contribution in [2.75, 3.05) is 10.6 Å². The molecule has 0 aliphatic heterocycles. The van der Waals surface area contributed by atoms with Gasteiger partial charge in [-0.05, 0) is 87.8 Å². The quantitative estimate of drug-likeness (QED) is 0.0836. The molecular formula is C48H44N4O6. The van der Waals surface area contributed by atoms with Crippen LogP contribution in [-0.2, 0) is 9.59 Å². The zero-order valence-electron chi connectivity index (χ0n) is 31.9. The van der Waals surface area contributed by atoms with Crippen molar-refractivity contribution in [2.45, 2.75) is 75.0 Å². The molecule has 6 N–H and O–H groups in total. The summed E-state index contributed by atoms with van der Waals surface area (Å²) in [5, 5.41) is 27.4. The molecule has 12 aliphatic carbocycles. The van der Waals surface area contributed by atoms with E-state index in [0.29, 0.717) is 33.8 Å². The molecule has 0 radical (unpaired) electrons. The van der Waals surface area contributed by atoms with Crippen LogP contribution < -0.4 is 21.5 Å². The smallest absolute Gasteiger partial charge is 0.333 e. The van der Waals surface area contributed by atoms with Gasteiger partial charge in [-0.25, -0.2) is 9.59 Å². The highest BCUT2D eigenvalue weighted by Gasteiger charge is 2.38. The SMILES string of the molecule is O=C(O)C1=C(Nc2ccc(NC3=C(C(=O)O)C4C=CC3CC4)cc2)C2C=CC1CC2.O=c1c2c([nH]c3cc4c(=O)c5c([nH]c4cc13)C1C=CC5CC1)C1C=CC2CC1. The number of benzene rings is 2. The molecule has 10 heteroatoms. The number of fused-ring (bicyclic) bond motifs is 6. The second-order valence-electron chi connectivity index (χ2n) is 17.3. The summed E-state index contributed by atoms with van der Waals surface area (Å²) in [7, 11) is 0. The van der Waals surface area contributed by atoms with Crippen molar-refractivity contribution in [3.05, 3.63) is 151 Å². The predicted molar refractivity (Wildman–Crippen MR) is 224 cm³/mol. The van der Waals surface area contributed by atoms with E-state index in [-0.39, 0.29) is 46.4 Å². The van der Waals surface area contributed by atoms with Crippen LogP contribution in [0, 0.1) is 23.7 Å². The number of allylic oxidation sites excluding steroid dienone is 8. The number of aromatic nitrogens is 2. The van der Waals surface area contributed by atoms with Crippen LogP contribution in [0.5, 0.6) is 0 Å². The Hall–Kier alpha value is -6.16. The largest absolute Gasteiger partial charge is 0.478 e. The average Bonchev–Trinajstić information content (AvgIpc) is 3.25. The first-order valence-electron chi connectivity index (χ1n) is 20.8. The molecule has 0 spiro atoms. The lowest BCUT2D eigenvalue weighted by atomic mass is 9.73. The summed E-state index contributed by atoms with van der Waals surface area (Å²) in [6, 6.07) is 11.4. The molecule has 2 aromatic heterocycles. The van der Waals surface area contributed by atoms with Crippen LogP contribution in [0.1, 0.15) is 97.6 Å². The van der Waals surface area contributed by atoms with Crippen LogP contribution in [-0.4, -0.2) is 32.1 Å². The molecule has 10 nitrogen and oxygen atoms in total. The van der Waals surface area contributed by atoms with Gasteiger partial charge in [0.25, 0.3) is 0 Å². The molecule has 0 saturated carbocycles. The third-order valence-electron chi connectivity index (χ3n) is 14.2. The summed E-state index contributed by atoms with van der Waals surface area (Å²) >= 11 is 0. The Morgan fingerprint density at radius 1 is 0.483 bits per heavy atom. The van der Waals surface area contributed by atoms with E-state index in [1.165, 1.54) is 0 Å². The van der Waals surface area contributed by atoms with Gasteiger partial charge in [0.1, 0.15) is 0 Å². The minimum Gasteiger partial charge on any atom is -0.478 e. The molecule has 12 aliphatic rings. The third kappa shape index (κ3) is 5.44. The van der Waals surface area contributed by atoms with Crippen molar-refractivity contribution in [3.63, 3.8) is 0 Å². The molecule has 58 heavy (non-hydrogen) atoms. The predicted octanol–water partition coefficient (Wildman–Crippen LogP) is 8.81. The highest BCUT2D eigenvalue weighted by atomic mass is 16.4. The van der Waals surface area contributed by atoms with Gasteiger partial charge < -0.3 is 30.8 Å². The fourth-order valence-corrected chi connectivity index (χ4v) is 11.3. The van der Waals surface area contributed by atoms with E-state index in [0.717, 1.165) is 108 Å². The van der Waals surface area contributed by atoms with Crippen LogP contribution >= 0.6 is 0 Å². The number of aliphatic carboxylic acids is 2. The summed E-state index contributed by atoms with van der Waals surface area (Å²) in [5.74, 6) is -0.463. The van der Waals surface area contributed by atoms with Gasteiger partial charge in [-0.1, -0.05) is 48.6 Å². The van der Waals surface area contributed by atoms with Gasteiger partial charge in [-0.3, -0.25) is 9.59 Å². The van der Waals surface area contributed by atoms with Gasteiger partial charge >= 0.3 is 11.9 Å². The molecule has 0 amide bonds. The van der Waals surface area contributed by atoms with Gasteiger partial charge in [-0.15, -0.1) is 0 Å². The standard InChI is InChI=1S/C24H24N2O4.C24H20N2O2/c27-23(28)19-13-1-5-15(6-2-13)21(19)25-17-9-11-18(12-10-17)26-22-16-7-3-14(4-8-16)20(22)24(29)30;27-23-15-9-18-16(24(28)20-12-3-7-14(8-4-12)22(20)26-18)10-17(15)25-21-13-5-1-11(2-6-13)19(21)23/h1,3,5,7,9-16,25-26H,2,4,6,8H2,(H,27,28)(H,29,30);1,3,5,7,9-14H,2,4,6,8H2,(H,25,27)(H,26,28). The van der Waals surface area contributed by atoms with E-state index in [1.54, 1.807) is 0 Å². The molecule has 292 valence electrons. The van der Waals surface area contributed by atoms with E-state index >= 15 is 0 Å². The number of carbonyl (C=O) groups is 2. The van der Waals surface area contributed by atoms with E-state index < -0.39 is 11.9 Å². The summed E-state index contributed by atoms with van der Waals surface area (Å²) in [6.45, 7) is 0. The van der Waals surface area contributed by atoms with Crippen molar-refractivity contribution in [1.29, 1.82) is 0 Å². The summed E-state index contributed by atoms with van der Waals surface area (Å²) in [6.07, 6.45) is 25.0. The number of pyridine rings is 2. The number of aromatic amines is 2. The maximum atomic E-state index is 13.4. The number of carboxylic acids is 2. The van der Waals surface area contributed by atoms with Crippen LogP contribution in [0.3, 0.4) is 0 Å². The zero-order valence-corrected chi connectivity index (χ0v) is 31.9. The fourth-order valence-electron chi connectivity index (χ4n) is 11.3. The molecule has 4 aromatic rings. The topological polar surface area (TPSA) is 164 Å². The lowest BCUT2D eigenvalue weighted by Gasteiger charge is -2.35. The van der Waals surface area contributed by atoms with Crippen molar-refractivity contribution in [2.24, 2.45) is 23.7 Å². The summed E-state index contributed by atoms with van der Waals surface area (Å²) in [4.78, 5) is 57.3. The molecule has 2 aromatic carbocycles. The Morgan fingerprint density at radius 3 is 1.16 bits per heavy atom. The highest BCUT2D eigenvalue weighted by Crippen LogP contribution is 2.46. The number of rotatable bonds is 6. The maximum Gasteiger partial charge on any atom is 0.333 e. The first kappa shape index (κ1) is 35.0. The summed E-state index contributed by atoms with van der Waals surface area (Å²) in [5.41, 5.74) is 10.0. The number of anilines is 2. The maximum absolute atomic E-state index is 13.4. The van der Waals surface area contributed by atoms with Crippen molar-refractivity contribution >= 4 is 45.1 Å². The third-order valence-corrected chi connectivity index (χ3v) is 14.2. The van der Waals surface area contributed by atoms with Crippen molar-refractivity contribution in [1.82, 2.24) is 9.97 Å². The molecule has 2 heterocycles. The van der Waals surface area contributed by atoms with Gasteiger partial charge in [0, 0.05) is 103 Å². The van der Waals surface area contributed by atoms with Crippen LogP contribution in [0.15, 0.2) is 117 Å². The Bertz CT molecular complexity index is 2610. The van der Waals surface area contributed by atoms with Crippen molar-refractivity contribution < 1.29 is 19.8 Å². The zero-order chi connectivity index (χ0) is 39.4. The second kappa shape index (κ2) is 13.2. The molecule has 8 atom stereocenters. The number of hydrogen-bond acceptors (Lipinski definition) is 6. The van der Waals surface area contributed by atoms with Crippen LogP contribution in [0.25, 0.3) is 21.8 Å². The van der Waals surface area contributed by atoms with E-state index in [1.807, 2.05) is 48.6 Å². The Kier molecular flexibility index (Phi) is 7.97. The van der Waals surface area contributed by atoms with Crippen molar-refractivity contribution in [3.8, 4) is 0 Å². The normalized spacial score (nSPS) is 28.8. The van der Waals surface area contributed by atoms with Gasteiger partial charge in [-0.2, -0.15) is 0 Å². The Balaban J connectivity index is 0.000000133. The monoisotopic (exact) mass is 772 g/mol. The van der Waals surface area contributed by atoms with E-state index in [4.69, 9.17) is 0 Å². The lowest BCUT2D eigenvalue weighted by molar-refractivity contribution is -0.134. The Morgan fingerprint density at radius 2 is 0.810 bits per heavy atom. The molecule has 0 fully saturated rings. The highest BCUT2D eigenvalue weighted by molar-refractivity contribution is 5.96. The van der Waals surface area contributed by atoms with Gasteiger partial charge in [0.15, 0.2) is 10.9 Å². The molecule has 16 rings (SSSR count). The van der Waals surface area contributed by atoms with Gasteiger partial charge in [0.05, 0.1) is 22.2 Å². The second-order valence-corrected chi connectivity index (χ2v) is 17.3. The number of hydrogen-bond donors (Lipinski definition) is 6. The van der Waals surface area contributed by atoms with E-state index in [2.05, 4.69) is 57.1 Å². The average molecular weight is 773 g/mol. The minimum atomic E-state index is -0.858. The number of H-pyrrole nitrogens is 2. The van der Waals surface area contributed by atoms with E-state index in [9.17, 15) is 29.4 Å². The first-order chi connectivity index (χ1) is 28.2. The first-order valence-corrected chi connectivity index (χ1v) is 20.8. The minimum absolute atomic E-state index is 0.0212. The number of nitrogens with one attached hydrogen (secondary N) is 4. The molecule has 8 unspecified atom stereocenters. The summed E-state index contributed by atoms with van der Waals surface area (Å²) < 4.78 is 0. The molecule has 0 saturated heterocycles. The van der Waals surface area contributed by atoms with Gasteiger partial charge in [0.2, 0.25) is 0 Å². The Labute approximate surface area is 333 Å². The lowest BCUT2D eigenvalue weighted by Crippen LogP contribution is -2.30.